The molecule has 0 aliphatic rings. The Bertz CT molecular complexity index is 1470. The van der Waals surface area contributed by atoms with Crippen LogP contribution in [-0.2, 0) is 10.0 Å². The Morgan fingerprint density at radius 1 is 0.914 bits per heavy atom. The maximum absolute atomic E-state index is 12.6. The Balaban J connectivity index is 1.39. The van der Waals surface area contributed by atoms with Crippen molar-refractivity contribution in [3.63, 3.8) is 0 Å². The first-order valence-electron chi connectivity index (χ1n) is 9.99. The van der Waals surface area contributed by atoms with Gasteiger partial charge in [0.1, 0.15) is 23.6 Å². The monoisotopic (exact) mass is 494 g/mol. The molecule has 3 N–H and O–H groups in total. The van der Waals surface area contributed by atoms with Gasteiger partial charge < -0.3 is 9.73 Å². The van der Waals surface area contributed by atoms with Crippen LogP contribution in [0.25, 0.3) is 0 Å². The summed E-state index contributed by atoms with van der Waals surface area (Å²) in [5.41, 5.74) is 0.881. The lowest BCUT2D eigenvalue weighted by Crippen LogP contribution is -2.16. The topological polar surface area (TPSA) is 182 Å². The van der Waals surface area contributed by atoms with Gasteiger partial charge in [0.25, 0.3) is 21.8 Å². The molecule has 13 nitrogen and oxygen atoms in total. The van der Waals surface area contributed by atoms with Crippen molar-refractivity contribution in [1.29, 1.82) is 0 Å². The molecule has 4 aromatic rings. The molecule has 0 aliphatic carbocycles. The van der Waals surface area contributed by atoms with Crippen LogP contribution in [0.4, 0.5) is 17.5 Å². The highest BCUT2D eigenvalue weighted by atomic mass is 32.2. The molecule has 0 aliphatic heterocycles. The van der Waals surface area contributed by atoms with Crippen LogP contribution in [0, 0.1) is 13.8 Å². The molecule has 3 aromatic heterocycles. The summed E-state index contributed by atoms with van der Waals surface area (Å²) in [6, 6.07) is 6.80. The van der Waals surface area contributed by atoms with Crippen LogP contribution >= 0.6 is 0 Å². The molecule has 0 saturated heterocycles. The summed E-state index contributed by atoms with van der Waals surface area (Å²) in [7, 11) is -3.91. The molecule has 0 saturated carbocycles. The predicted molar refractivity (Wildman–Crippen MR) is 123 cm³/mol. The van der Waals surface area contributed by atoms with E-state index in [2.05, 4.69) is 40.3 Å². The summed E-state index contributed by atoms with van der Waals surface area (Å²) in [6.45, 7) is 3.39. The fourth-order valence-electron chi connectivity index (χ4n) is 2.89. The SMILES string of the molecule is Cc1cc(NS(=O)(=O)c2ccc(NC(=O)c3coc(NC(=O)c4cnccn4)n3)cc2)nc(C)n1. The van der Waals surface area contributed by atoms with Crippen LogP contribution in [0.2, 0.25) is 0 Å². The van der Waals surface area contributed by atoms with E-state index in [-0.39, 0.29) is 28.1 Å². The van der Waals surface area contributed by atoms with E-state index in [4.69, 9.17) is 4.42 Å². The van der Waals surface area contributed by atoms with Crippen LogP contribution in [0.5, 0.6) is 0 Å². The van der Waals surface area contributed by atoms with Crippen LogP contribution in [0.15, 0.2) is 64.5 Å². The van der Waals surface area contributed by atoms with E-state index in [0.29, 0.717) is 17.2 Å². The largest absolute Gasteiger partial charge is 0.431 e. The van der Waals surface area contributed by atoms with Crippen molar-refractivity contribution in [2.24, 2.45) is 0 Å². The zero-order chi connectivity index (χ0) is 25.0. The minimum Gasteiger partial charge on any atom is -0.431 e. The molecule has 178 valence electrons. The van der Waals surface area contributed by atoms with E-state index in [1.54, 1.807) is 13.8 Å². The van der Waals surface area contributed by atoms with Gasteiger partial charge in [-0.3, -0.25) is 24.6 Å². The van der Waals surface area contributed by atoms with Gasteiger partial charge in [-0.2, -0.15) is 4.98 Å². The number of aromatic nitrogens is 5. The normalized spacial score (nSPS) is 11.0. The molecule has 0 atom stereocenters. The second-order valence-corrected chi connectivity index (χ2v) is 8.79. The van der Waals surface area contributed by atoms with Crippen LogP contribution in [-0.4, -0.2) is 45.2 Å². The van der Waals surface area contributed by atoms with Crippen molar-refractivity contribution in [2.75, 3.05) is 15.4 Å². The third-order valence-corrected chi connectivity index (χ3v) is 5.75. The molecule has 35 heavy (non-hydrogen) atoms. The van der Waals surface area contributed by atoms with Gasteiger partial charge in [0, 0.05) is 29.8 Å². The van der Waals surface area contributed by atoms with Crippen molar-refractivity contribution in [1.82, 2.24) is 24.9 Å². The second kappa shape index (κ2) is 9.64. The summed E-state index contributed by atoms with van der Waals surface area (Å²) in [6.07, 6.45) is 5.10. The summed E-state index contributed by atoms with van der Waals surface area (Å²) < 4.78 is 32.8. The fraction of sp³-hybridized carbons (Fsp3) is 0.0952. The maximum atomic E-state index is 12.6. The lowest BCUT2D eigenvalue weighted by Gasteiger charge is -2.09. The smallest absolute Gasteiger partial charge is 0.302 e. The standard InChI is InChI=1S/C21H18N8O5S/c1-12-9-18(25-13(2)24-12)29-35(32,33)15-5-3-14(4-6-15)26-20(31)17-11-34-21(27-17)28-19(30)16-10-22-7-8-23-16/h3-11H,1-2H3,(H,26,31)(H,24,25,29)(H,27,28,30). The van der Waals surface area contributed by atoms with Gasteiger partial charge in [-0.1, -0.05) is 0 Å². The predicted octanol–water partition coefficient (Wildman–Crippen LogP) is 2.18. The van der Waals surface area contributed by atoms with Crippen molar-refractivity contribution in [2.45, 2.75) is 18.7 Å². The number of carbonyl (C=O) groups is 2. The van der Waals surface area contributed by atoms with Gasteiger partial charge >= 0.3 is 6.01 Å². The van der Waals surface area contributed by atoms with Gasteiger partial charge in [0.05, 0.1) is 11.1 Å². The first kappa shape index (κ1) is 23.4. The van der Waals surface area contributed by atoms with Gasteiger partial charge in [-0.05, 0) is 38.1 Å². The number of carbonyl (C=O) groups excluding carboxylic acids is 2. The number of sulfonamides is 1. The Labute approximate surface area is 199 Å². The maximum Gasteiger partial charge on any atom is 0.302 e. The summed E-state index contributed by atoms with van der Waals surface area (Å²) in [5.74, 6) is -0.648. The molecule has 2 amide bonds. The van der Waals surface area contributed by atoms with Gasteiger partial charge in [-0.15, -0.1) is 0 Å². The average Bonchev–Trinajstić information content (AvgIpc) is 3.27. The number of nitrogens with one attached hydrogen (secondary N) is 3. The number of hydrogen-bond acceptors (Lipinski definition) is 10. The van der Waals surface area contributed by atoms with E-state index in [0.717, 1.165) is 6.26 Å². The minimum atomic E-state index is -3.91. The first-order chi connectivity index (χ1) is 16.7. The molecule has 14 heteroatoms. The van der Waals surface area contributed by atoms with Crippen LogP contribution in [0.1, 0.15) is 32.5 Å². The molecule has 0 radical (unpaired) electrons. The van der Waals surface area contributed by atoms with E-state index < -0.39 is 21.8 Å². The number of aryl methyl sites for hydroxylation is 2. The number of rotatable bonds is 7. The number of hydrogen-bond donors (Lipinski definition) is 3. The number of anilines is 3. The van der Waals surface area contributed by atoms with Crippen molar-refractivity contribution < 1.29 is 22.4 Å². The molecule has 0 bridgehead atoms. The minimum absolute atomic E-state index is 0.0279. The Morgan fingerprint density at radius 2 is 1.66 bits per heavy atom. The zero-order valence-corrected chi connectivity index (χ0v) is 19.2. The summed E-state index contributed by atoms with van der Waals surface area (Å²) in [4.78, 5) is 44.2. The molecule has 4 rings (SSSR count). The van der Waals surface area contributed by atoms with E-state index in [1.807, 2.05) is 0 Å². The fourth-order valence-corrected chi connectivity index (χ4v) is 3.88. The van der Waals surface area contributed by atoms with Crippen molar-refractivity contribution >= 4 is 39.4 Å². The third-order valence-electron chi connectivity index (χ3n) is 4.38. The molecule has 1 aromatic carbocycles. The van der Waals surface area contributed by atoms with E-state index in [1.165, 1.54) is 48.9 Å². The molecule has 0 fully saturated rings. The molecule has 0 spiro atoms. The lowest BCUT2D eigenvalue weighted by atomic mass is 10.3. The third kappa shape index (κ3) is 5.80. The number of oxazole rings is 1. The summed E-state index contributed by atoms with van der Waals surface area (Å²) in [5, 5.41) is 4.93. The Hall–Kier alpha value is -4.72. The van der Waals surface area contributed by atoms with Crippen LogP contribution < -0.4 is 15.4 Å². The Morgan fingerprint density at radius 3 is 2.34 bits per heavy atom. The highest BCUT2D eigenvalue weighted by Gasteiger charge is 2.18. The highest BCUT2D eigenvalue weighted by molar-refractivity contribution is 7.92. The number of amides is 2. The first-order valence-corrected chi connectivity index (χ1v) is 11.5. The lowest BCUT2D eigenvalue weighted by molar-refractivity contribution is 0.101. The number of benzene rings is 1. The highest BCUT2D eigenvalue weighted by Crippen LogP contribution is 2.19. The van der Waals surface area contributed by atoms with E-state index >= 15 is 0 Å². The average molecular weight is 494 g/mol. The molecule has 3 heterocycles. The quantitative estimate of drug-likeness (QED) is 0.344. The summed E-state index contributed by atoms with van der Waals surface area (Å²) >= 11 is 0. The second-order valence-electron chi connectivity index (χ2n) is 7.11. The zero-order valence-electron chi connectivity index (χ0n) is 18.4. The molecule has 0 unspecified atom stereocenters. The number of nitrogens with zero attached hydrogens (tertiary/aromatic N) is 5. The molecular weight excluding hydrogens is 476 g/mol. The van der Waals surface area contributed by atoms with Gasteiger partial charge in [-0.25, -0.2) is 23.4 Å². The van der Waals surface area contributed by atoms with Crippen LogP contribution in [0.3, 0.4) is 0 Å². The Kier molecular flexibility index (Phi) is 6.46. The van der Waals surface area contributed by atoms with Crippen molar-refractivity contribution in [3.8, 4) is 0 Å². The molecular formula is C21H18N8O5S. The van der Waals surface area contributed by atoms with Gasteiger partial charge in [0.15, 0.2) is 5.69 Å². The van der Waals surface area contributed by atoms with Gasteiger partial charge in [0.2, 0.25) is 0 Å². The van der Waals surface area contributed by atoms with Crippen molar-refractivity contribution in [3.05, 3.63) is 78.1 Å². The van der Waals surface area contributed by atoms with E-state index in [9.17, 15) is 18.0 Å².